The number of hydrogen-bond acceptors (Lipinski definition) is 3. The predicted octanol–water partition coefficient (Wildman–Crippen LogP) is 1.01. The topological polar surface area (TPSA) is 41.6 Å². The van der Waals surface area contributed by atoms with Crippen molar-refractivity contribution in [3.63, 3.8) is 0 Å². The maximum absolute atomic E-state index is 11.6. The van der Waals surface area contributed by atoms with Crippen LogP contribution in [-0.4, -0.2) is 49.7 Å². The number of rotatable bonds is 4. The Kier molecular flexibility index (Phi) is 3.85. The van der Waals surface area contributed by atoms with Crippen molar-refractivity contribution in [1.29, 1.82) is 0 Å². The lowest BCUT2D eigenvalue weighted by atomic mass is 9.95. The van der Waals surface area contributed by atoms with Crippen molar-refractivity contribution in [2.45, 2.75) is 38.1 Å². The van der Waals surface area contributed by atoms with Crippen LogP contribution in [0.25, 0.3) is 0 Å². The molecule has 0 aromatic heterocycles. The van der Waals surface area contributed by atoms with Crippen LogP contribution in [0, 0.1) is 11.8 Å². The molecule has 2 aliphatic heterocycles. The Morgan fingerprint density at radius 3 is 2.56 bits per heavy atom. The molecule has 0 bridgehead atoms. The molecule has 1 N–H and O–H groups in total. The maximum Gasteiger partial charge on any atom is 0.223 e. The number of hydrogen-bond donors (Lipinski definition) is 1. The van der Waals surface area contributed by atoms with Crippen LogP contribution in [0.4, 0.5) is 0 Å². The van der Waals surface area contributed by atoms with E-state index in [1.54, 1.807) is 0 Å². The van der Waals surface area contributed by atoms with Gasteiger partial charge in [-0.05, 0) is 51.1 Å². The SMILES string of the molecule is O=C(NCC1CCN([C@H]2CCOC2)CC1)C1CC1. The molecule has 1 saturated carbocycles. The zero-order valence-electron chi connectivity index (χ0n) is 11.1. The lowest BCUT2D eigenvalue weighted by Crippen LogP contribution is -2.44. The van der Waals surface area contributed by atoms with E-state index >= 15 is 0 Å². The molecule has 102 valence electrons. The van der Waals surface area contributed by atoms with Gasteiger partial charge in [0, 0.05) is 25.1 Å². The van der Waals surface area contributed by atoms with Gasteiger partial charge in [-0.3, -0.25) is 9.69 Å². The number of piperidine rings is 1. The van der Waals surface area contributed by atoms with Gasteiger partial charge in [-0.25, -0.2) is 0 Å². The van der Waals surface area contributed by atoms with E-state index in [0.29, 0.717) is 23.8 Å². The average molecular weight is 252 g/mol. The summed E-state index contributed by atoms with van der Waals surface area (Å²) in [5.41, 5.74) is 0. The summed E-state index contributed by atoms with van der Waals surface area (Å²) in [6, 6.07) is 0.659. The lowest BCUT2D eigenvalue weighted by Gasteiger charge is -2.35. The smallest absolute Gasteiger partial charge is 0.223 e. The number of nitrogens with zero attached hydrogens (tertiary/aromatic N) is 1. The summed E-state index contributed by atoms with van der Waals surface area (Å²) in [5, 5.41) is 3.12. The Balaban J connectivity index is 1.35. The van der Waals surface area contributed by atoms with Crippen LogP contribution in [0.2, 0.25) is 0 Å². The highest BCUT2D eigenvalue weighted by atomic mass is 16.5. The molecule has 0 radical (unpaired) electrons. The number of ether oxygens (including phenoxy) is 1. The molecule has 3 fully saturated rings. The normalized spacial score (nSPS) is 30.6. The molecule has 3 rings (SSSR count). The number of carbonyl (C=O) groups excluding carboxylic acids is 1. The van der Waals surface area contributed by atoms with E-state index in [0.717, 1.165) is 32.6 Å². The Morgan fingerprint density at radius 2 is 1.94 bits per heavy atom. The van der Waals surface area contributed by atoms with Crippen molar-refractivity contribution < 1.29 is 9.53 Å². The summed E-state index contributed by atoms with van der Waals surface area (Å²) in [6.45, 7) is 5.10. The molecule has 1 atom stereocenters. The second-order valence-corrected chi connectivity index (χ2v) is 6.02. The van der Waals surface area contributed by atoms with Crippen LogP contribution in [0.1, 0.15) is 32.1 Å². The summed E-state index contributed by atoms with van der Waals surface area (Å²) in [4.78, 5) is 14.2. The molecule has 0 spiro atoms. The number of amides is 1. The lowest BCUT2D eigenvalue weighted by molar-refractivity contribution is -0.122. The highest BCUT2D eigenvalue weighted by molar-refractivity contribution is 5.80. The Morgan fingerprint density at radius 1 is 1.17 bits per heavy atom. The van der Waals surface area contributed by atoms with Crippen molar-refractivity contribution in [2.24, 2.45) is 11.8 Å². The zero-order valence-corrected chi connectivity index (χ0v) is 11.1. The number of carbonyl (C=O) groups is 1. The van der Waals surface area contributed by atoms with Gasteiger partial charge in [-0.1, -0.05) is 0 Å². The van der Waals surface area contributed by atoms with E-state index in [2.05, 4.69) is 10.2 Å². The zero-order chi connectivity index (χ0) is 12.4. The van der Waals surface area contributed by atoms with Gasteiger partial charge in [-0.2, -0.15) is 0 Å². The van der Waals surface area contributed by atoms with Crippen LogP contribution < -0.4 is 5.32 Å². The van der Waals surface area contributed by atoms with Gasteiger partial charge in [0.1, 0.15) is 0 Å². The van der Waals surface area contributed by atoms with Gasteiger partial charge in [-0.15, -0.1) is 0 Å². The van der Waals surface area contributed by atoms with Gasteiger partial charge in [0.15, 0.2) is 0 Å². The van der Waals surface area contributed by atoms with Crippen LogP contribution >= 0.6 is 0 Å². The first kappa shape index (κ1) is 12.4. The molecule has 1 aliphatic carbocycles. The molecular formula is C14H24N2O2. The Bertz CT molecular complexity index is 290. The van der Waals surface area contributed by atoms with Crippen molar-refractivity contribution in [3.8, 4) is 0 Å². The largest absolute Gasteiger partial charge is 0.380 e. The summed E-state index contributed by atoms with van der Waals surface area (Å²) < 4.78 is 5.45. The highest BCUT2D eigenvalue weighted by Crippen LogP contribution is 2.29. The van der Waals surface area contributed by atoms with Gasteiger partial charge in [0.2, 0.25) is 5.91 Å². The molecule has 4 heteroatoms. The molecular weight excluding hydrogens is 228 g/mol. The molecule has 4 nitrogen and oxygen atoms in total. The minimum Gasteiger partial charge on any atom is -0.380 e. The highest BCUT2D eigenvalue weighted by Gasteiger charge is 2.31. The minimum absolute atomic E-state index is 0.293. The van der Waals surface area contributed by atoms with Crippen molar-refractivity contribution in [2.75, 3.05) is 32.8 Å². The quantitative estimate of drug-likeness (QED) is 0.812. The molecule has 18 heavy (non-hydrogen) atoms. The third-order valence-corrected chi connectivity index (χ3v) is 4.58. The van der Waals surface area contributed by atoms with E-state index in [4.69, 9.17) is 4.74 Å². The fourth-order valence-electron chi connectivity index (χ4n) is 3.07. The van der Waals surface area contributed by atoms with Gasteiger partial charge < -0.3 is 10.1 Å². The fraction of sp³-hybridized carbons (Fsp3) is 0.929. The average Bonchev–Trinajstić information content (AvgIpc) is 3.12. The molecule has 0 aromatic rings. The van der Waals surface area contributed by atoms with E-state index < -0.39 is 0 Å². The Hall–Kier alpha value is -0.610. The molecule has 2 saturated heterocycles. The standard InChI is InChI=1S/C14H24N2O2/c17-14(12-1-2-12)15-9-11-3-6-16(7-4-11)13-5-8-18-10-13/h11-13H,1-10H2,(H,15,17)/t13-/m0/s1. The fourth-order valence-corrected chi connectivity index (χ4v) is 3.07. The third-order valence-electron chi connectivity index (χ3n) is 4.58. The van der Waals surface area contributed by atoms with E-state index in [1.807, 2.05) is 0 Å². The number of likely N-dealkylation sites (tertiary alicyclic amines) is 1. The van der Waals surface area contributed by atoms with Gasteiger partial charge >= 0.3 is 0 Å². The molecule has 0 aromatic carbocycles. The number of nitrogens with one attached hydrogen (secondary N) is 1. The maximum atomic E-state index is 11.6. The summed E-state index contributed by atoms with van der Waals surface area (Å²) in [6.07, 6.45) is 5.85. The van der Waals surface area contributed by atoms with E-state index in [-0.39, 0.29) is 0 Å². The summed E-state index contributed by atoms with van der Waals surface area (Å²) in [7, 11) is 0. The minimum atomic E-state index is 0.293. The van der Waals surface area contributed by atoms with Crippen molar-refractivity contribution in [1.82, 2.24) is 10.2 Å². The first-order chi connectivity index (χ1) is 8.83. The summed E-state index contributed by atoms with van der Waals surface area (Å²) in [5.74, 6) is 1.33. The first-order valence-electron chi connectivity index (χ1n) is 7.42. The van der Waals surface area contributed by atoms with Crippen LogP contribution in [0.3, 0.4) is 0 Å². The van der Waals surface area contributed by atoms with Gasteiger partial charge in [0.05, 0.1) is 6.61 Å². The second kappa shape index (κ2) is 5.57. The molecule has 3 aliphatic rings. The predicted molar refractivity (Wildman–Crippen MR) is 69.3 cm³/mol. The van der Waals surface area contributed by atoms with Crippen LogP contribution in [-0.2, 0) is 9.53 Å². The molecule has 1 amide bonds. The molecule has 2 heterocycles. The summed E-state index contributed by atoms with van der Waals surface area (Å²) >= 11 is 0. The van der Waals surface area contributed by atoms with Crippen molar-refractivity contribution in [3.05, 3.63) is 0 Å². The third kappa shape index (κ3) is 3.04. The van der Waals surface area contributed by atoms with E-state index in [9.17, 15) is 4.79 Å². The first-order valence-corrected chi connectivity index (χ1v) is 7.42. The van der Waals surface area contributed by atoms with Crippen LogP contribution in [0.5, 0.6) is 0 Å². The Labute approximate surface area is 109 Å². The monoisotopic (exact) mass is 252 g/mol. The second-order valence-electron chi connectivity index (χ2n) is 6.02. The van der Waals surface area contributed by atoms with Gasteiger partial charge in [0.25, 0.3) is 0 Å². The van der Waals surface area contributed by atoms with E-state index in [1.165, 1.54) is 32.4 Å². The van der Waals surface area contributed by atoms with Crippen LogP contribution in [0.15, 0.2) is 0 Å². The van der Waals surface area contributed by atoms with Crippen molar-refractivity contribution >= 4 is 5.91 Å². The molecule has 0 unspecified atom stereocenters.